The lowest BCUT2D eigenvalue weighted by molar-refractivity contribution is 0.792. The smallest absolute Gasteiger partial charge is 0.221 e. The third-order valence-electron chi connectivity index (χ3n) is 19.1. The van der Waals surface area contributed by atoms with Crippen LogP contribution in [0.1, 0.15) is 44.5 Å². The molecule has 0 saturated heterocycles. The first kappa shape index (κ1) is 43.0. The summed E-state index contributed by atoms with van der Waals surface area (Å²) in [7, 11) is 0. The second kappa shape index (κ2) is 15.1. The van der Waals surface area contributed by atoms with E-state index < -0.39 is 10.8 Å². The van der Waals surface area contributed by atoms with E-state index >= 15 is 0 Å². The first-order chi connectivity index (χ1) is 40.7. The normalized spacial score (nSPS) is 14.3. The van der Waals surface area contributed by atoms with Crippen LogP contribution in [0.3, 0.4) is 0 Å². The van der Waals surface area contributed by atoms with Gasteiger partial charge in [0.1, 0.15) is 0 Å². The third-order valence-corrected chi connectivity index (χ3v) is 19.1. The number of nitrogens with zero attached hydrogens (tertiary/aromatic N) is 7. The Hall–Kier alpha value is -10.9. The number of rotatable bonds is 3. The molecule has 20 rings (SSSR count). The van der Waals surface area contributed by atoms with Gasteiger partial charge in [0, 0.05) is 17.4 Å². The molecule has 0 fully saturated rings. The molecule has 0 atom stereocenters. The summed E-state index contributed by atoms with van der Waals surface area (Å²) in [4.78, 5) is 16.3. The molecule has 2 spiro atoms. The Balaban J connectivity index is 0.788. The molecule has 4 aliphatic carbocycles. The Morgan fingerprint density at radius 1 is 0.268 bits per heavy atom. The zero-order valence-electron chi connectivity index (χ0n) is 44.0. The minimum atomic E-state index is -0.484. The summed E-state index contributed by atoms with van der Waals surface area (Å²) in [6.45, 7) is 0. The van der Waals surface area contributed by atoms with E-state index in [4.69, 9.17) is 15.0 Å². The number of imidazole rings is 4. The second-order valence-corrected chi connectivity index (χ2v) is 22.6. The Labute approximate surface area is 469 Å². The van der Waals surface area contributed by atoms with Crippen molar-refractivity contribution in [3.8, 4) is 67.0 Å². The number of hydrogen-bond donors (Lipinski definition) is 0. The van der Waals surface area contributed by atoms with E-state index in [0.29, 0.717) is 0 Å². The first-order valence-corrected chi connectivity index (χ1v) is 28.3. The summed E-state index contributed by atoms with van der Waals surface area (Å²) < 4.78 is 9.29. The lowest BCUT2D eigenvalue weighted by Gasteiger charge is -2.30. The molecule has 5 aromatic heterocycles. The van der Waals surface area contributed by atoms with Crippen LogP contribution in [0.25, 0.3) is 123 Å². The van der Waals surface area contributed by atoms with Crippen LogP contribution >= 0.6 is 0 Å². The molecule has 0 radical (unpaired) electrons. The van der Waals surface area contributed by atoms with Crippen molar-refractivity contribution in [1.82, 2.24) is 32.9 Å². The zero-order chi connectivity index (χ0) is 53.2. The predicted molar refractivity (Wildman–Crippen MR) is 328 cm³/mol. The van der Waals surface area contributed by atoms with Gasteiger partial charge in [0.15, 0.2) is 5.65 Å². The van der Waals surface area contributed by atoms with Gasteiger partial charge in [0.2, 0.25) is 11.6 Å². The van der Waals surface area contributed by atoms with Crippen molar-refractivity contribution < 1.29 is 0 Å². The standard InChI is InChI=1S/C75H43N7/c1-7-23-56-48(17-1)49-18-2-8-24-57(49)74(56)60-27-11-5-21-52(60)54-36-34-46(41-62(54)74)79-68-38-33-44(39-69(68)81-66-31-15-13-29-64(66)77-72(79)81)45-40-70-71(76-43-45)80(73-78-65-30-14-16-32-67(65)82(70)73)47-35-37-55-53-22-6-12-28-61(53)75(63(55)42-47)58-25-9-3-19-50(58)51-20-4-10-26-59(51)75/h1-43H. The number of hydrogen-bond acceptors (Lipinski definition) is 3. The minimum Gasteiger partial charge on any atom is -0.278 e. The van der Waals surface area contributed by atoms with E-state index in [-0.39, 0.29) is 0 Å². The minimum absolute atomic E-state index is 0.471. The van der Waals surface area contributed by atoms with Gasteiger partial charge in [-0.25, -0.2) is 15.0 Å². The number of benzene rings is 11. The molecule has 0 bridgehead atoms. The van der Waals surface area contributed by atoms with Crippen molar-refractivity contribution in [1.29, 1.82) is 0 Å². The molecule has 82 heavy (non-hydrogen) atoms. The third kappa shape index (κ3) is 5.00. The molecule has 5 heterocycles. The van der Waals surface area contributed by atoms with Crippen LogP contribution in [-0.2, 0) is 10.8 Å². The highest BCUT2D eigenvalue weighted by atomic mass is 15.2. The largest absolute Gasteiger partial charge is 0.278 e. The Morgan fingerprint density at radius 3 is 1.12 bits per heavy atom. The molecule has 11 aromatic carbocycles. The van der Waals surface area contributed by atoms with Crippen LogP contribution in [0.5, 0.6) is 0 Å². The maximum Gasteiger partial charge on any atom is 0.221 e. The van der Waals surface area contributed by atoms with Gasteiger partial charge in [0.25, 0.3) is 0 Å². The maximum absolute atomic E-state index is 5.47. The van der Waals surface area contributed by atoms with Gasteiger partial charge in [-0.2, -0.15) is 0 Å². The summed E-state index contributed by atoms with van der Waals surface area (Å²) in [6.07, 6.45) is 2.05. The van der Waals surface area contributed by atoms with Crippen molar-refractivity contribution in [2.75, 3.05) is 0 Å². The van der Waals surface area contributed by atoms with Crippen LogP contribution in [0, 0.1) is 0 Å². The van der Waals surface area contributed by atoms with Gasteiger partial charge in [-0.15, -0.1) is 0 Å². The zero-order valence-corrected chi connectivity index (χ0v) is 44.0. The molecule has 378 valence electrons. The Morgan fingerprint density at radius 2 is 0.646 bits per heavy atom. The monoisotopic (exact) mass is 1040 g/mol. The van der Waals surface area contributed by atoms with Crippen LogP contribution in [0.15, 0.2) is 261 Å². The molecular formula is C75H43N7. The fourth-order valence-electron chi connectivity index (χ4n) is 16.0. The van der Waals surface area contributed by atoms with E-state index in [0.717, 1.165) is 78.3 Å². The molecule has 16 aromatic rings. The molecule has 4 aliphatic rings. The SMILES string of the molecule is c1ccc2c(c1)-c1ccccc1C21c2ccccc2-c2ccc(-n3c4ccc(-c5cnc6c(c5)n5c7ccccc7nc5n6-c5ccc6c(c5)C5(c7ccccc7-c7ccccc75)c5ccccc5-6)cc4n4c5ccccc5nc34)cc21. The highest BCUT2D eigenvalue weighted by molar-refractivity contribution is 6.00. The highest BCUT2D eigenvalue weighted by Crippen LogP contribution is 2.65. The molecule has 0 N–H and O–H groups in total. The number of para-hydroxylation sites is 4. The molecular weight excluding hydrogens is 999 g/mol. The topological polar surface area (TPSA) is 57.4 Å². The Bertz CT molecular complexity index is 5090. The van der Waals surface area contributed by atoms with Crippen molar-refractivity contribution >= 4 is 55.8 Å². The molecule has 0 aliphatic heterocycles. The number of fused-ring (bicyclic) bond motifs is 30. The predicted octanol–water partition coefficient (Wildman–Crippen LogP) is 16.9. The van der Waals surface area contributed by atoms with Crippen LogP contribution in [-0.4, -0.2) is 32.9 Å². The van der Waals surface area contributed by atoms with Crippen LogP contribution in [0.4, 0.5) is 0 Å². The van der Waals surface area contributed by atoms with E-state index in [1.807, 2.05) is 6.20 Å². The number of aromatic nitrogens is 7. The van der Waals surface area contributed by atoms with Gasteiger partial charge in [-0.05, 0) is 161 Å². The van der Waals surface area contributed by atoms with Crippen molar-refractivity contribution in [3.05, 3.63) is 305 Å². The van der Waals surface area contributed by atoms with Crippen molar-refractivity contribution in [2.45, 2.75) is 10.8 Å². The van der Waals surface area contributed by atoms with Gasteiger partial charge < -0.3 is 0 Å². The quantitative estimate of drug-likeness (QED) is 0.177. The van der Waals surface area contributed by atoms with Crippen LogP contribution < -0.4 is 0 Å². The van der Waals surface area contributed by atoms with E-state index in [9.17, 15) is 0 Å². The van der Waals surface area contributed by atoms with Gasteiger partial charge in [-0.3, -0.25) is 17.9 Å². The summed E-state index contributed by atoms with van der Waals surface area (Å²) in [5.74, 6) is 1.69. The summed E-state index contributed by atoms with van der Waals surface area (Å²) in [5.41, 5.74) is 31.9. The van der Waals surface area contributed by atoms with Gasteiger partial charge >= 0.3 is 0 Å². The van der Waals surface area contributed by atoms with E-state index in [2.05, 4.69) is 273 Å². The molecule has 7 heteroatoms. The average Bonchev–Trinajstić information content (AvgIpc) is 2.42. The van der Waals surface area contributed by atoms with Crippen molar-refractivity contribution in [2.24, 2.45) is 0 Å². The molecule has 7 nitrogen and oxygen atoms in total. The molecule has 0 unspecified atom stereocenters. The molecule has 0 amide bonds. The summed E-state index contributed by atoms with van der Waals surface area (Å²) in [6, 6.07) is 94.3. The van der Waals surface area contributed by atoms with E-state index in [1.54, 1.807) is 0 Å². The fraction of sp³-hybridized carbons (Fsp3) is 0.0267. The lowest BCUT2D eigenvalue weighted by atomic mass is 9.70. The average molecular weight is 1040 g/mol. The van der Waals surface area contributed by atoms with Crippen LogP contribution in [0.2, 0.25) is 0 Å². The van der Waals surface area contributed by atoms with Crippen molar-refractivity contribution in [3.63, 3.8) is 0 Å². The summed E-state index contributed by atoms with van der Waals surface area (Å²) in [5, 5.41) is 0. The second-order valence-electron chi connectivity index (χ2n) is 22.6. The van der Waals surface area contributed by atoms with E-state index in [1.165, 1.54) is 89.0 Å². The fourth-order valence-corrected chi connectivity index (χ4v) is 16.0. The summed E-state index contributed by atoms with van der Waals surface area (Å²) >= 11 is 0. The van der Waals surface area contributed by atoms with Gasteiger partial charge in [-0.1, -0.05) is 188 Å². The number of pyridine rings is 1. The highest BCUT2D eigenvalue weighted by Gasteiger charge is 2.53. The molecule has 0 saturated carbocycles. The Kier molecular flexibility index (Phi) is 7.91. The maximum atomic E-state index is 5.47. The lowest BCUT2D eigenvalue weighted by Crippen LogP contribution is -2.26. The van der Waals surface area contributed by atoms with Gasteiger partial charge in [0.05, 0.1) is 55.1 Å². The first-order valence-electron chi connectivity index (χ1n) is 28.3.